The molecule has 1 heterocycles. The van der Waals surface area contributed by atoms with Gasteiger partial charge in [0.15, 0.2) is 0 Å². The van der Waals surface area contributed by atoms with Gasteiger partial charge in [-0.1, -0.05) is 30.5 Å². The van der Waals surface area contributed by atoms with Gasteiger partial charge in [0.05, 0.1) is 6.10 Å². The Morgan fingerprint density at radius 1 is 1.41 bits per heavy atom. The lowest BCUT2D eigenvalue weighted by Gasteiger charge is -2.35. The quantitative estimate of drug-likeness (QED) is 0.842. The molecule has 0 amide bonds. The van der Waals surface area contributed by atoms with E-state index in [-0.39, 0.29) is 12.1 Å². The van der Waals surface area contributed by atoms with Crippen molar-refractivity contribution in [3.63, 3.8) is 0 Å². The van der Waals surface area contributed by atoms with Crippen LogP contribution < -0.4 is 0 Å². The van der Waals surface area contributed by atoms with Crippen LogP contribution in [0.3, 0.4) is 0 Å². The summed E-state index contributed by atoms with van der Waals surface area (Å²) in [6.45, 7) is 0.811. The number of aliphatic hydroxyl groups excluding tert-OH is 1. The van der Waals surface area contributed by atoms with Crippen molar-refractivity contribution in [3.8, 4) is 0 Å². The summed E-state index contributed by atoms with van der Waals surface area (Å²) in [6, 6.07) is 4.07. The van der Waals surface area contributed by atoms with Crippen LogP contribution in [0.15, 0.2) is 18.3 Å². The predicted octanol–water partition coefficient (Wildman–Crippen LogP) is 2.47. The largest absolute Gasteiger partial charge is 0.391 e. The fourth-order valence-electron chi connectivity index (χ4n) is 2.51. The van der Waals surface area contributed by atoms with Crippen molar-refractivity contribution in [2.75, 3.05) is 7.05 Å². The fourth-order valence-corrected chi connectivity index (χ4v) is 2.62. The average molecular weight is 255 g/mol. The molecule has 1 aliphatic carbocycles. The molecule has 2 rings (SSSR count). The number of likely N-dealkylation sites (N-methyl/N-ethyl adjacent to an activating group) is 1. The van der Waals surface area contributed by atoms with E-state index < -0.39 is 0 Å². The second kappa shape index (κ2) is 5.80. The number of hydrogen-bond donors (Lipinski definition) is 1. The molecule has 1 aromatic rings. The third-order valence-corrected chi connectivity index (χ3v) is 3.70. The number of aromatic nitrogens is 1. The topological polar surface area (TPSA) is 36.4 Å². The Kier molecular flexibility index (Phi) is 4.37. The van der Waals surface area contributed by atoms with Gasteiger partial charge in [0.25, 0.3) is 0 Å². The first-order valence-electron chi connectivity index (χ1n) is 6.15. The summed E-state index contributed by atoms with van der Waals surface area (Å²) in [7, 11) is 2.06. The van der Waals surface area contributed by atoms with Crippen LogP contribution in [0.1, 0.15) is 31.2 Å². The predicted molar refractivity (Wildman–Crippen MR) is 69.0 cm³/mol. The Labute approximate surface area is 107 Å². The monoisotopic (exact) mass is 254 g/mol. The van der Waals surface area contributed by atoms with E-state index in [0.717, 1.165) is 31.4 Å². The van der Waals surface area contributed by atoms with E-state index in [1.807, 2.05) is 12.1 Å². The Bertz CT molecular complexity index is 355. The maximum atomic E-state index is 9.98. The lowest BCUT2D eigenvalue weighted by Crippen LogP contribution is -2.42. The van der Waals surface area contributed by atoms with Crippen LogP contribution >= 0.6 is 11.6 Å². The summed E-state index contributed by atoms with van der Waals surface area (Å²) in [5.74, 6) is 0. The maximum Gasteiger partial charge on any atom is 0.129 e. The van der Waals surface area contributed by atoms with Gasteiger partial charge >= 0.3 is 0 Å². The highest BCUT2D eigenvalue weighted by Gasteiger charge is 2.26. The molecule has 1 aromatic heterocycles. The smallest absolute Gasteiger partial charge is 0.129 e. The summed E-state index contributed by atoms with van der Waals surface area (Å²) in [4.78, 5) is 6.29. The van der Waals surface area contributed by atoms with Gasteiger partial charge in [0.1, 0.15) is 5.15 Å². The van der Waals surface area contributed by atoms with Crippen molar-refractivity contribution in [2.24, 2.45) is 0 Å². The fraction of sp³-hybridized carbons (Fsp3) is 0.615. The van der Waals surface area contributed by atoms with Crippen LogP contribution in [0.25, 0.3) is 0 Å². The van der Waals surface area contributed by atoms with Crippen LogP contribution in [0.2, 0.25) is 5.15 Å². The lowest BCUT2D eigenvalue weighted by molar-refractivity contribution is 0.0288. The summed E-state index contributed by atoms with van der Waals surface area (Å²) in [5.41, 5.74) is 1.13. The molecule has 1 saturated carbocycles. The molecular weight excluding hydrogens is 236 g/mol. The normalized spacial score (nSPS) is 25.2. The minimum absolute atomic E-state index is 0.186. The molecular formula is C13H19ClN2O. The van der Waals surface area contributed by atoms with E-state index >= 15 is 0 Å². The van der Waals surface area contributed by atoms with Crippen molar-refractivity contribution in [1.82, 2.24) is 9.88 Å². The van der Waals surface area contributed by atoms with Crippen molar-refractivity contribution < 1.29 is 5.11 Å². The molecule has 0 spiro atoms. The van der Waals surface area contributed by atoms with Crippen LogP contribution in [0.4, 0.5) is 0 Å². The van der Waals surface area contributed by atoms with E-state index in [1.54, 1.807) is 6.20 Å². The summed E-state index contributed by atoms with van der Waals surface area (Å²) < 4.78 is 0. The molecule has 0 bridgehead atoms. The molecule has 3 nitrogen and oxygen atoms in total. The van der Waals surface area contributed by atoms with E-state index in [0.29, 0.717) is 5.15 Å². The van der Waals surface area contributed by atoms with E-state index in [1.165, 1.54) is 6.42 Å². The number of pyridine rings is 1. The molecule has 0 aliphatic heterocycles. The number of aliphatic hydroxyl groups is 1. The standard InChI is InChI=1S/C13H19ClN2O/c1-16(11-4-2-3-5-12(11)17)9-10-6-7-13(14)15-8-10/h6-8,11-12,17H,2-5,9H2,1H3. The molecule has 2 atom stereocenters. The number of nitrogens with zero attached hydrogens (tertiary/aromatic N) is 2. The van der Waals surface area contributed by atoms with Crippen molar-refractivity contribution in [3.05, 3.63) is 29.0 Å². The highest BCUT2D eigenvalue weighted by molar-refractivity contribution is 6.29. The third kappa shape index (κ3) is 3.41. The molecule has 2 unspecified atom stereocenters. The van der Waals surface area contributed by atoms with Crippen molar-refractivity contribution >= 4 is 11.6 Å². The first-order valence-corrected chi connectivity index (χ1v) is 6.53. The van der Waals surface area contributed by atoms with Crippen LogP contribution in [-0.2, 0) is 6.54 Å². The zero-order valence-electron chi connectivity index (χ0n) is 10.1. The molecule has 4 heteroatoms. The zero-order chi connectivity index (χ0) is 12.3. The Hall–Kier alpha value is -0.640. The molecule has 1 aliphatic rings. The SMILES string of the molecule is CN(Cc1ccc(Cl)nc1)C1CCCCC1O. The second-order valence-electron chi connectivity index (χ2n) is 4.82. The number of rotatable bonds is 3. The zero-order valence-corrected chi connectivity index (χ0v) is 10.9. The van der Waals surface area contributed by atoms with Crippen LogP contribution in [0.5, 0.6) is 0 Å². The summed E-state index contributed by atoms with van der Waals surface area (Å²) >= 11 is 5.76. The van der Waals surface area contributed by atoms with Gasteiger partial charge in [0.2, 0.25) is 0 Å². The molecule has 1 N–H and O–H groups in total. The Balaban J connectivity index is 1.95. The average Bonchev–Trinajstić information content (AvgIpc) is 2.32. The van der Waals surface area contributed by atoms with E-state index in [2.05, 4.69) is 16.9 Å². The number of hydrogen-bond acceptors (Lipinski definition) is 3. The van der Waals surface area contributed by atoms with Crippen LogP contribution in [-0.4, -0.2) is 34.2 Å². The number of halogens is 1. The highest BCUT2D eigenvalue weighted by atomic mass is 35.5. The van der Waals surface area contributed by atoms with Gasteiger partial charge in [-0.2, -0.15) is 0 Å². The van der Waals surface area contributed by atoms with Gasteiger partial charge in [-0.05, 0) is 31.5 Å². The minimum Gasteiger partial charge on any atom is -0.391 e. The molecule has 17 heavy (non-hydrogen) atoms. The van der Waals surface area contributed by atoms with Gasteiger partial charge in [-0.3, -0.25) is 4.90 Å². The van der Waals surface area contributed by atoms with Crippen molar-refractivity contribution in [2.45, 2.75) is 44.4 Å². The molecule has 0 radical (unpaired) electrons. The molecule has 94 valence electrons. The minimum atomic E-state index is -0.186. The van der Waals surface area contributed by atoms with Gasteiger partial charge < -0.3 is 5.11 Å². The van der Waals surface area contributed by atoms with Gasteiger partial charge in [0, 0.05) is 18.8 Å². The maximum absolute atomic E-state index is 9.98. The summed E-state index contributed by atoms with van der Waals surface area (Å²) in [6.07, 6.45) is 5.98. The Morgan fingerprint density at radius 2 is 2.18 bits per heavy atom. The van der Waals surface area contributed by atoms with E-state index in [4.69, 9.17) is 11.6 Å². The third-order valence-electron chi connectivity index (χ3n) is 3.48. The lowest BCUT2D eigenvalue weighted by atomic mass is 9.91. The molecule has 0 aromatic carbocycles. The van der Waals surface area contributed by atoms with Gasteiger partial charge in [-0.15, -0.1) is 0 Å². The first-order chi connectivity index (χ1) is 8.16. The highest BCUT2D eigenvalue weighted by Crippen LogP contribution is 2.23. The second-order valence-corrected chi connectivity index (χ2v) is 5.21. The first kappa shape index (κ1) is 12.8. The summed E-state index contributed by atoms with van der Waals surface area (Å²) in [5, 5.41) is 10.5. The molecule has 1 fully saturated rings. The van der Waals surface area contributed by atoms with Crippen molar-refractivity contribution in [1.29, 1.82) is 0 Å². The van der Waals surface area contributed by atoms with Gasteiger partial charge in [-0.25, -0.2) is 4.98 Å². The Morgan fingerprint density at radius 3 is 2.82 bits per heavy atom. The van der Waals surface area contributed by atoms with Crippen LogP contribution in [0, 0.1) is 0 Å². The van der Waals surface area contributed by atoms with E-state index in [9.17, 15) is 5.11 Å². The molecule has 0 saturated heterocycles.